The topological polar surface area (TPSA) is 74.8 Å². The van der Waals surface area contributed by atoms with E-state index in [1.165, 1.54) is 12.4 Å². The van der Waals surface area contributed by atoms with Crippen LogP contribution in [0.4, 0.5) is 0 Å². The molecule has 5 nitrogen and oxygen atoms in total. The third-order valence-electron chi connectivity index (χ3n) is 2.95. The van der Waals surface area contributed by atoms with Crippen molar-refractivity contribution in [2.45, 2.75) is 30.2 Å². The fourth-order valence-electron chi connectivity index (χ4n) is 2.03. The van der Waals surface area contributed by atoms with Crippen molar-refractivity contribution in [3.63, 3.8) is 0 Å². The van der Waals surface area contributed by atoms with Crippen LogP contribution in [0.3, 0.4) is 0 Å². The lowest BCUT2D eigenvalue weighted by Gasteiger charge is -2.18. The van der Waals surface area contributed by atoms with Crippen molar-refractivity contribution < 1.29 is 8.42 Å². The molecule has 2 N–H and O–H groups in total. The molecule has 1 aromatic heterocycles. The van der Waals surface area contributed by atoms with Gasteiger partial charge in [0.05, 0.1) is 6.20 Å². The zero-order chi connectivity index (χ0) is 11.6. The molecule has 0 amide bonds. The number of nitrogens with zero attached hydrogens (tertiary/aromatic N) is 1. The normalized spacial score (nSPS) is 26.1. The largest absolute Gasteiger partial charge is 0.284 e. The van der Waals surface area contributed by atoms with Crippen molar-refractivity contribution in [1.29, 1.82) is 0 Å². The van der Waals surface area contributed by atoms with E-state index in [1.807, 2.05) is 0 Å². The monoisotopic (exact) mass is 263 g/mol. The summed E-state index contributed by atoms with van der Waals surface area (Å²) in [6.45, 7) is 0. The highest BCUT2D eigenvalue weighted by Crippen LogP contribution is 2.27. The fraction of sp³-hybridized carbons (Fsp3) is 0.667. The van der Waals surface area contributed by atoms with Gasteiger partial charge in [0.15, 0.2) is 0 Å². The second-order valence-electron chi connectivity index (χ2n) is 4.01. The molecule has 0 spiro atoms. The predicted molar refractivity (Wildman–Crippen MR) is 60.8 cm³/mol. The Morgan fingerprint density at radius 2 is 2.38 bits per heavy atom. The summed E-state index contributed by atoms with van der Waals surface area (Å²) in [6, 6.07) is -0.0441. The lowest BCUT2D eigenvalue weighted by Crippen LogP contribution is -2.37. The van der Waals surface area contributed by atoms with Gasteiger partial charge in [0.2, 0.25) is 10.0 Å². The van der Waals surface area contributed by atoms with Crippen LogP contribution in [0.1, 0.15) is 19.3 Å². The predicted octanol–water partition coefficient (Wildman–Crippen LogP) is 1.10. The Morgan fingerprint density at radius 3 is 3.00 bits per heavy atom. The van der Waals surface area contributed by atoms with Crippen molar-refractivity contribution in [2.75, 3.05) is 5.88 Å². The Morgan fingerprint density at radius 1 is 1.56 bits per heavy atom. The van der Waals surface area contributed by atoms with Gasteiger partial charge in [-0.1, -0.05) is 6.42 Å². The molecular weight excluding hydrogens is 250 g/mol. The van der Waals surface area contributed by atoms with Crippen LogP contribution >= 0.6 is 11.6 Å². The number of halogens is 1. The van der Waals surface area contributed by atoms with E-state index in [0.717, 1.165) is 19.3 Å². The third-order valence-corrected chi connectivity index (χ3v) is 4.80. The number of sulfonamides is 1. The van der Waals surface area contributed by atoms with Crippen LogP contribution in [-0.4, -0.2) is 30.5 Å². The van der Waals surface area contributed by atoms with Gasteiger partial charge in [-0.15, -0.1) is 11.6 Å². The third kappa shape index (κ3) is 2.39. The summed E-state index contributed by atoms with van der Waals surface area (Å²) in [5, 5.41) is 6.12. The molecule has 1 aliphatic carbocycles. The van der Waals surface area contributed by atoms with Gasteiger partial charge in [0, 0.05) is 18.1 Å². The highest BCUT2D eigenvalue weighted by molar-refractivity contribution is 7.89. The molecule has 0 saturated heterocycles. The number of rotatable bonds is 4. The second-order valence-corrected chi connectivity index (χ2v) is 6.03. The molecule has 1 saturated carbocycles. The Bertz CT molecular complexity index is 432. The molecule has 90 valence electrons. The number of hydrogen-bond donors (Lipinski definition) is 2. The minimum absolute atomic E-state index is 0.0441. The van der Waals surface area contributed by atoms with E-state index in [9.17, 15) is 8.42 Å². The summed E-state index contributed by atoms with van der Waals surface area (Å²) in [5.74, 6) is 0.738. The van der Waals surface area contributed by atoms with Gasteiger partial charge in [-0.3, -0.25) is 5.10 Å². The molecule has 0 aliphatic heterocycles. The van der Waals surface area contributed by atoms with Crippen molar-refractivity contribution in [3.8, 4) is 0 Å². The van der Waals surface area contributed by atoms with Crippen LogP contribution in [-0.2, 0) is 10.0 Å². The quantitative estimate of drug-likeness (QED) is 0.799. The average Bonchev–Trinajstić information content (AvgIpc) is 2.86. The molecule has 2 atom stereocenters. The minimum Gasteiger partial charge on any atom is -0.284 e. The van der Waals surface area contributed by atoms with E-state index >= 15 is 0 Å². The van der Waals surface area contributed by atoms with Crippen LogP contribution in [0.2, 0.25) is 0 Å². The zero-order valence-electron chi connectivity index (χ0n) is 8.69. The molecule has 2 rings (SSSR count). The molecule has 7 heteroatoms. The van der Waals surface area contributed by atoms with Gasteiger partial charge in [0.25, 0.3) is 0 Å². The van der Waals surface area contributed by atoms with Gasteiger partial charge in [0.1, 0.15) is 4.90 Å². The highest BCUT2D eigenvalue weighted by atomic mass is 35.5. The molecule has 1 fully saturated rings. The second kappa shape index (κ2) is 4.73. The zero-order valence-corrected chi connectivity index (χ0v) is 10.3. The van der Waals surface area contributed by atoms with Crippen molar-refractivity contribution in [2.24, 2.45) is 5.92 Å². The fourth-order valence-corrected chi connectivity index (χ4v) is 3.64. The molecule has 1 aromatic rings. The average molecular weight is 264 g/mol. The lowest BCUT2D eigenvalue weighted by molar-refractivity contribution is 0.480. The minimum atomic E-state index is -3.45. The molecular formula is C9H14ClN3O2S. The van der Waals surface area contributed by atoms with Crippen LogP contribution < -0.4 is 4.72 Å². The maximum absolute atomic E-state index is 11.9. The first kappa shape index (κ1) is 11.9. The summed E-state index contributed by atoms with van der Waals surface area (Å²) >= 11 is 5.80. The number of aromatic amines is 1. The van der Waals surface area contributed by atoms with Crippen molar-refractivity contribution in [1.82, 2.24) is 14.9 Å². The van der Waals surface area contributed by atoms with E-state index < -0.39 is 10.0 Å². The standard InChI is InChI=1S/C9H14ClN3O2S/c10-4-7-2-1-3-9(7)13-16(14,15)8-5-11-12-6-8/h5-7,9,13H,1-4H2,(H,11,12). The van der Waals surface area contributed by atoms with E-state index in [0.29, 0.717) is 5.88 Å². The number of H-pyrrole nitrogens is 1. The smallest absolute Gasteiger partial charge is 0.243 e. The van der Waals surface area contributed by atoms with Gasteiger partial charge in [-0.05, 0) is 18.8 Å². The SMILES string of the molecule is O=S(=O)(NC1CCCC1CCl)c1cn[nH]c1. The maximum Gasteiger partial charge on any atom is 0.243 e. The van der Waals surface area contributed by atoms with Crippen LogP contribution in [0.15, 0.2) is 17.3 Å². The van der Waals surface area contributed by atoms with Crippen molar-refractivity contribution >= 4 is 21.6 Å². The maximum atomic E-state index is 11.9. The van der Waals surface area contributed by atoms with Gasteiger partial charge in [-0.2, -0.15) is 5.10 Å². The Kier molecular flexibility index (Phi) is 3.51. The van der Waals surface area contributed by atoms with Crippen LogP contribution in [0.5, 0.6) is 0 Å². The highest BCUT2D eigenvalue weighted by Gasteiger charge is 2.30. The molecule has 2 unspecified atom stereocenters. The molecule has 1 aliphatic rings. The van der Waals surface area contributed by atoms with Gasteiger partial charge >= 0.3 is 0 Å². The van der Waals surface area contributed by atoms with Gasteiger partial charge in [-0.25, -0.2) is 13.1 Å². The number of aromatic nitrogens is 2. The first-order chi connectivity index (χ1) is 7.63. The Balaban J connectivity index is 2.10. The Hall–Kier alpha value is -0.590. The molecule has 0 radical (unpaired) electrons. The first-order valence-corrected chi connectivity index (χ1v) is 7.22. The Labute approximate surface area is 99.6 Å². The number of nitrogens with one attached hydrogen (secondary N) is 2. The summed E-state index contributed by atoms with van der Waals surface area (Å²) in [4.78, 5) is 0.174. The van der Waals surface area contributed by atoms with Crippen molar-refractivity contribution in [3.05, 3.63) is 12.4 Å². The lowest BCUT2D eigenvalue weighted by atomic mass is 10.1. The summed E-state index contributed by atoms with van der Waals surface area (Å²) in [6.07, 6.45) is 5.53. The van der Waals surface area contributed by atoms with E-state index in [4.69, 9.17) is 11.6 Å². The summed E-state index contributed by atoms with van der Waals surface area (Å²) in [7, 11) is -3.45. The molecule has 1 heterocycles. The first-order valence-electron chi connectivity index (χ1n) is 5.20. The van der Waals surface area contributed by atoms with Crippen LogP contribution in [0.25, 0.3) is 0 Å². The van der Waals surface area contributed by atoms with Crippen LogP contribution in [0, 0.1) is 5.92 Å². The van der Waals surface area contributed by atoms with E-state index in [1.54, 1.807) is 0 Å². The molecule has 0 aromatic carbocycles. The van der Waals surface area contributed by atoms with E-state index in [2.05, 4.69) is 14.9 Å². The van der Waals surface area contributed by atoms with Gasteiger partial charge < -0.3 is 0 Å². The molecule has 0 bridgehead atoms. The molecule has 16 heavy (non-hydrogen) atoms. The number of alkyl halides is 1. The summed E-state index contributed by atoms with van der Waals surface area (Å²) < 4.78 is 26.5. The summed E-state index contributed by atoms with van der Waals surface area (Å²) in [5.41, 5.74) is 0. The number of hydrogen-bond acceptors (Lipinski definition) is 3. The van der Waals surface area contributed by atoms with E-state index in [-0.39, 0.29) is 16.9 Å².